The van der Waals surface area contributed by atoms with Crippen LogP contribution in [0.2, 0.25) is 0 Å². The summed E-state index contributed by atoms with van der Waals surface area (Å²) in [6.45, 7) is 0.601. The first-order chi connectivity index (χ1) is 15.3. The molecule has 170 valence electrons. The van der Waals surface area contributed by atoms with Crippen molar-refractivity contribution < 1.29 is 18.0 Å². The fourth-order valence-corrected chi connectivity index (χ4v) is 4.51. The van der Waals surface area contributed by atoms with E-state index in [-0.39, 0.29) is 17.0 Å². The smallest absolute Gasteiger partial charge is 0.312 e. The summed E-state index contributed by atoms with van der Waals surface area (Å²) >= 11 is 0. The average molecular weight is 458 g/mol. The van der Waals surface area contributed by atoms with Crippen LogP contribution in [0.3, 0.4) is 0 Å². The number of benzene rings is 2. The molecule has 0 aromatic heterocycles. The standard InChI is InChI=1S/C22H27N5O4S/c23-22(29)26-19(14-16-8-3-1-4-9-16)21(28)25-17-10-7-11-18(15-17)32(30,31)27-20-12-5-2-6-13-24-20/h1,3-4,7-11,15,19H,2,5-6,12-14H2,(H,24,27)(H,25,28)(H3,23,26,29). The van der Waals surface area contributed by atoms with Crippen molar-refractivity contribution in [3.8, 4) is 0 Å². The highest BCUT2D eigenvalue weighted by Gasteiger charge is 2.22. The molecule has 0 saturated carbocycles. The van der Waals surface area contributed by atoms with Crippen LogP contribution in [0.15, 0.2) is 64.5 Å². The predicted octanol–water partition coefficient (Wildman–Crippen LogP) is 2.16. The van der Waals surface area contributed by atoms with Gasteiger partial charge in [-0.15, -0.1) is 0 Å². The van der Waals surface area contributed by atoms with E-state index in [2.05, 4.69) is 20.3 Å². The summed E-state index contributed by atoms with van der Waals surface area (Å²) in [4.78, 5) is 28.5. The molecular formula is C22H27N5O4S. The van der Waals surface area contributed by atoms with Crippen molar-refractivity contribution in [3.05, 3.63) is 60.2 Å². The molecule has 0 saturated heterocycles. The first kappa shape index (κ1) is 23.3. The minimum atomic E-state index is -3.84. The van der Waals surface area contributed by atoms with Gasteiger partial charge in [-0.3, -0.25) is 14.5 Å². The van der Waals surface area contributed by atoms with Crippen LogP contribution in [0, 0.1) is 0 Å². The van der Waals surface area contributed by atoms with Crippen molar-refractivity contribution >= 4 is 33.5 Å². The van der Waals surface area contributed by atoms with Crippen LogP contribution in [0.1, 0.15) is 31.2 Å². The van der Waals surface area contributed by atoms with Crippen LogP contribution in [0.25, 0.3) is 0 Å². The SMILES string of the molecule is NC(=O)NC(Cc1ccccc1)C(=O)Nc1cccc(S(=O)(=O)NC2=NCCCCC2)c1. The number of hydrogen-bond acceptors (Lipinski definition) is 5. The fraction of sp³-hybridized carbons (Fsp3) is 0.318. The molecule has 0 bridgehead atoms. The number of amides is 3. The molecule has 0 spiro atoms. The molecule has 5 N–H and O–H groups in total. The number of nitrogens with one attached hydrogen (secondary N) is 3. The van der Waals surface area contributed by atoms with Crippen molar-refractivity contribution in [2.75, 3.05) is 11.9 Å². The lowest BCUT2D eigenvalue weighted by Crippen LogP contribution is -2.47. The maximum Gasteiger partial charge on any atom is 0.312 e. The number of carbonyl (C=O) groups is 2. The fourth-order valence-electron chi connectivity index (χ4n) is 3.37. The molecule has 1 heterocycles. The van der Waals surface area contributed by atoms with Crippen molar-refractivity contribution in [2.45, 2.75) is 43.0 Å². The highest BCUT2D eigenvalue weighted by Crippen LogP contribution is 2.17. The minimum absolute atomic E-state index is 0.00437. The van der Waals surface area contributed by atoms with Crippen LogP contribution >= 0.6 is 0 Å². The normalized spacial score (nSPS) is 15.1. The Labute approximate surface area is 187 Å². The van der Waals surface area contributed by atoms with Crippen molar-refractivity contribution in [3.63, 3.8) is 0 Å². The summed E-state index contributed by atoms with van der Waals surface area (Å²) in [5.74, 6) is -0.0613. The third kappa shape index (κ3) is 6.81. The van der Waals surface area contributed by atoms with E-state index >= 15 is 0 Å². The summed E-state index contributed by atoms with van der Waals surface area (Å²) in [5.41, 5.74) is 6.35. The minimum Gasteiger partial charge on any atom is -0.352 e. The highest BCUT2D eigenvalue weighted by molar-refractivity contribution is 7.90. The van der Waals surface area contributed by atoms with Gasteiger partial charge in [-0.1, -0.05) is 42.8 Å². The predicted molar refractivity (Wildman–Crippen MR) is 123 cm³/mol. The van der Waals surface area contributed by atoms with Crippen LogP contribution < -0.4 is 21.1 Å². The molecule has 9 nitrogen and oxygen atoms in total. The zero-order chi connectivity index (χ0) is 23.0. The Morgan fingerprint density at radius 2 is 1.81 bits per heavy atom. The van der Waals surface area contributed by atoms with Gasteiger partial charge < -0.3 is 16.4 Å². The molecule has 10 heteroatoms. The van der Waals surface area contributed by atoms with E-state index in [4.69, 9.17) is 5.73 Å². The number of rotatable bonds is 7. The Balaban J connectivity index is 1.73. The van der Waals surface area contributed by atoms with Gasteiger partial charge >= 0.3 is 6.03 Å². The zero-order valence-corrected chi connectivity index (χ0v) is 18.4. The molecule has 2 aromatic rings. The lowest BCUT2D eigenvalue weighted by Gasteiger charge is -2.18. The van der Waals surface area contributed by atoms with Crippen LogP contribution in [0.4, 0.5) is 10.5 Å². The first-order valence-electron chi connectivity index (χ1n) is 10.4. The van der Waals surface area contributed by atoms with Gasteiger partial charge in [0, 0.05) is 25.1 Å². The first-order valence-corrected chi connectivity index (χ1v) is 11.9. The number of hydrogen-bond donors (Lipinski definition) is 4. The van der Waals surface area contributed by atoms with E-state index in [1.165, 1.54) is 18.2 Å². The lowest BCUT2D eigenvalue weighted by molar-refractivity contribution is -0.117. The Bertz CT molecular complexity index is 1090. The van der Waals surface area contributed by atoms with Gasteiger partial charge in [0.05, 0.1) is 4.90 Å². The van der Waals surface area contributed by atoms with Crippen LogP contribution in [-0.2, 0) is 21.2 Å². The Morgan fingerprint density at radius 1 is 1.03 bits per heavy atom. The average Bonchev–Trinajstić information content (AvgIpc) is 3.02. The number of sulfonamides is 1. The molecule has 1 unspecified atom stereocenters. The second-order valence-electron chi connectivity index (χ2n) is 7.51. The highest BCUT2D eigenvalue weighted by atomic mass is 32.2. The quantitative estimate of drug-likeness (QED) is 0.505. The third-order valence-corrected chi connectivity index (χ3v) is 6.33. The molecule has 1 aliphatic rings. The number of primary amides is 1. The van der Waals surface area contributed by atoms with E-state index < -0.39 is 28.0 Å². The van der Waals surface area contributed by atoms with Gasteiger partial charge in [0.15, 0.2) is 0 Å². The van der Waals surface area contributed by atoms with Crippen molar-refractivity contribution in [2.24, 2.45) is 10.7 Å². The van der Waals surface area contributed by atoms with Gasteiger partial charge in [-0.25, -0.2) is 13.2 Å². The monoisotopic (exact) mass is 457 g/mol. The molecule has 3 amide bonds. The molecule has 0 radical (unpaired) electrons. The zero-order valence-electron chi connectivity index (χ0n) is 17.6. The number of amidine groups is 1. The van der Waals surface area contributed by atoms with E-state index in [1.54, 1.807) is 6.07 Å². The second kappa shape index (κ2) is 10.8. The van der Waals surface area contributed by atoms with Gasteiger partial charge in [-0.05, 0) is 36.6 Å². The van der Waals surface area contributed by atoms with Gasteiger partial charge in [0.1, 0.15) is 11.9 Å². The second-order valence-corrected chi connectivity index (χ2v) is 9.19. The van der Waals surface area contributed by atoms with E-state index in [0.29, 0.717) is 18.8 Å². The molecule has 2 aromatic carbocycles. The van der Waals surface area contributed by atoms with E-state index in [9.17, 15) is 18.0 Å². The number of nitrogens with two attached hydrogens (primary N) is 1. The molecule has 1 atom stereocenters. The van der Waals surface area contributed by atoms with Crippen LogP contribution in [-0.4, -0.2) is 38.8 Å². The topological polar surface area (TPSA) is 143 Å². The summed E-state index contributed by atoms with van der Waals surface area (Å²) in [7, 11) is -3.84. The molecule has 1 aliphatic heterocycles. The molecule has 3 rings (SSSR count). The summed E-state index contributed by atoms with van der Waals surface area (Å²) < 4.78 is 28.1. The third-order valence-electron chi connectivity index (χ3n) is 4.95. The number of nitrogens with zero attached hydrogens (tertiary/aromatic N) is 1. The molecular weight excluding hydrogens is 430 g/mol. The summed E-state index contributed by atoms with van der Waals surface area (Å²) in [6, 6.07) is 13.3. The van der Waals surface area contributed by atoms with Gasteiger partial charge in [0.2, 0.25) is 5.91 Å². The number of aliphatic imine (C=N–C) groups is 1. The van der Waals surface area contributed by atoms with Crippen molar-refractivity contribution in [1.29, 1.82) is 0 Å². The van der Waals surface area contributed by atoms with E-state index in [0.717, 1.165) is 24.8 Å². The maximum absolute atomic E-state index is 12.8. The van der Waals surface area contributed by atoms with Crippen molar-refractivity contribution in [1.82, 2.24) is 10.0 Å². The summed E-state index contributed by atoms with van der Waals surface area (Å²) in [5, 5.41) is 5.10. The largest absolute Gasteiger partial charge is 0.352 e. The maximum atomic E-state index is 12.8. The molecule has 0 aliphatic carbocycles. The van der Waals surface area contributed by atoms with Crippen LogP contribution in [0.5, 0.6) is 0 Å². The Morgan fingerprint density at radius 3 is 2.56 bits per heavy atom. The van der Waals surface area contributed by atoms with Gasteiger partial charge in [-0.2, -0.15) is 0 Å². The number of anilines is 1. The Kier molecular flexibility index (Phi) is 7.82. The molecule has 0 fully saturated rings. The number of urea groups is 1. The molecule has 32 heavy (non-hydrogen) atoms. The lowest BCUT2D eigenvalue weighted by atomic mass is 10.1. The summed E-state index contributed by atoms with van der Waals surface area (Å²) in [6.07, 6.45) is 3.65. The van der Waals surface area contributed by atoms with E-state index in [1.807, 2.05) is 30.3 Å². The Hall–Kier alpha value is -3.40. The van der Waals surface area contributed by atoms with Gasteiger partial charge in [0.25, 0.3) is 10.0 Å². The number of carbonyl (C=O) groups excluding carboxylic acids is 2.